The third-order valence-corrected chi connectivity index (χ3v) is 4.22. The van der Waals surface area contributed by atoms with Crippen molar-refractivity contribution in [2.45, 2.75) is 6.54 Å². The molecule has 3 aromatic heterocycles. The molecule has 4 rings (SSSR count). The molecule has 4 aromatic rings. The van der Waals surface area contributed by atoms with Gasteiger partial charge in [-0.15, -0.1) is 5.10 Å². The van der Waals surface area contributed by atoms with E-state index in [4.69, 9.17) is 11.0 Å². The van der Waals surface area contributed by atoms with Gasteiger partial charge in [0, 0.05) is 12.6 Å². The highest BCUT2D eigenvalue weighted by Gasteiger charge is 2.11. The van der Waals surface area contributed by atoms with Crippen LogP contribution in [0, 0.1) is 11.3 Å². The van der Waals surface area contributed by atoms with E-state index in [9.17, 15) is 0 Å². The summed E-state index contributed by atoms with van der Waals surface area (Å²) in [5.74, 6) is 0.911. The molecule has 3 N–H and O–H groups in total. The van der Waals surface area contributed by atoms with Crippen LogP contribution in [-0.4, -0.2) is 37.0 Å². The summed E-state index contributed by atoms with van der Waals surface area (Å²) in [7, 11) is 1.82. The van der Waals surface area contributed by atoms with E-state index in [2.05, 4.69) is 36.7 Å². The Kier molecular flexibility index (Phi) is 4.82. The summed E-state index contributed by atoms with van der Waals surface area (Å²) < 4.78 is 1.69. The molecule has 3 heterocycles. The monoisotopic (exact) mass is 383 g/mol. The van der Waals surface area contributed by atoms with Crippen molar-refractivity contribution in [1.29, 1.82) is 5.26 Å². The zero-order chi connectivity index (χ0) is 20.2. The van der Waals surface area contributed by atoms with Crippen molar-refractivity contribution in [2.75, 3.05) is 18.1 Å². The standard InChI is InChI=1S/C20H17N9/c1-23-19-7-3-6-15(24-19)11-29-12-18(27-28-29)17-9-16(25-20(22)26-17)14-5-2-4-13(8-14)10-21/h2-9,12H,11H2,1H3,(H,23,24)(H2,22,25,26). The Hall–Kier alpha value is -4.32. The maximum absolute atomic E-state index is 9.12. The first-order valence-corrected chi connectivity index (χ1v) is 8.84. The van der Waals surface area contributed by atoms with Crippen LogP contribution in [-0.2, 0) is 6.54 Å². The first kappa shape index (κ1) is 18.1. The van der Waals surface area contributed by atoms with Crippen LogP contribution in [0.3, 0.4) is 0 Å². The molecule has 0 spiro atoms. The molecule has 0 saturated carbocycles. The highest BCUT2D eigenvalue weighted by Crippen LogP contribution is 2.24. The fraction of sp³-hybridized carbons (Fsp3) is 0.100. The normalized spacial score (nSPS) is 10.5. The number of nitrogens with two attached hydrogens (primary N) is 1. The molecule has 1 aromatic carbocycles. The highest BCUT2D eigenvalue weighted by molar-refractivity contribution is 5.68. The summed E-state index contributed by atoms with van der Waals surface area (Å²) in [5.41, 5.74) is 9.82. The van der Waals surface area contributed by atoms with Crippen LogP contribution >= 0.6 is 0 Å². The first-order chi connectivity index (χ1) is 14.1. The number of hydrogen-bond donors (Lipinski definition) is 2. The smallest absolute Gasteiger partial charge is 0.221 e. The van der Waals surface area contributed by atoms with Gasteiger partial charge in [-0.05, 0) is 30.3 Å². The highest BCUT2D eigenvalue weighted by atomic mass is 15.4. The Bertz CT molecular complexity index is 1210. The van der Waals surface area contributed by atoms with Gasteiger partial charge in [0.25, 0.3) is 0 Å². The van der Waals surface area contributed by atoms with Crippen LogP contribution in [0.5, 0.6) is 0 Å². The number of pyridine rings is 1. The number of nitrogen functional groups attached to an aromatic ring is 1. The molecule has 29 heavy (non-hydrogen) atoms. The molecule has 9 nitrogen and oxygen atoms in total. The number of anilines is 2. The minimum atomic E-state index is 0.123. The van der Waals surface area contributed by atoms with E-state index in [1.165, 1.54) is 0 Å². The van der Waals surface area contributed by atoms with Crippen molar-refractivity contribution in [3.05, 3.63) is 66.0 Å². The van der Waals surface area contributed by atoms with Crippen molar-refractivity contribution < 1.29 is 0 Å². The van der Waals surface area contributed by atoms with E-state index in [1.54, 1.807) is 35.1 Å². The fourth-order valence-corrected chi connectivity index (χ4v) is 2.86. The second-order valence-corrected chi connectivity index (χ2v) is 6.25. The van der Waals surface area contributed by atoms with E-state index in [0.29, 0.717) is 29.2 Å². The number of rotatable bonds is 5. The van der Waals surface area contributed by atoms with Crippen molar-refractivity contribution in [3.63, 3.8) is 0 Å². The summed E-state index contributed by atoms with van der Waals surface area (Å²) in [4.78, 5) is 13.0. The molecule has 9 heteroatoms. The fourth-order valence-electron chi connectivity index (χ4n) is 2.86. The number of nitrogens with one attached hydrogen (secondary N) is 1. The summed E-state index contributed by atoms with van der Waals surface area (Å²) >= 11 is 0. The SMILES string of the molecule is CNc1cccc(Cn2cc(-c3cc(-c4cccc(C#N)c4)nc(N)n3)nn2)n1. The summed E-state index contributed by atoms with van der Waals surface area (Å²) in [5, 5.41) is 20.5. The maximum atomic E-state index is 9.12. The molecule has 0 unspecified atom stereocenters. The third-order valence-electron chi connectivity index (χ3n) is 4.22. The van der Waals surface area contributed by atoms with Gasteiger partial charge in [0.15, 0.2) is 0 Å². The lowest BCUT2D eigenvalue weighted by Crippen LogP contribution is -2.04. The molecule has 0 saturated heterocycles. The minimum Gasteiger partial charge on any atom is -0.373 e. The molecule has 0 amide bonds. The molecular weight excluding hydrogens is 366 g/mol. The van der Waals surface area contributed by atoms with E-state index in [0.717, 1.165) is 17.1 Å². The summed E-state index contributed by atoms with van der Waals surface area (Å²) in [6.45, 7) is 0.472. The van der Waals surface area contributed by atoms with Gasteiger partial charge < -0.3 is 11.1 Å². The van der Waals surface area contributed by atoms with Gasteiger partial charge in [-0.3, -0.25) is 0 Å². The lowest BCUT2D eigenvalue weighted by molar-refractivity contribution is 0.639. The van der Waals surface area contributed by atoms with Gasteiger partial charge in [0.05, 0.1) is 41.5 Å². The van der Waals surface area contributed by atoms with Gasteiger partial charge in [-0.25, -0.2) is 19.6 Å². The Labute approximate surface area is 166 Å². The Morgan fingerprint density at radius 2 is 1.86 bits per heavy atom. The Morgan fingerprint density at radius 3 is 2.69 bits per heavy atom. The zero-order valence-corrected chi connectivity index (χ0v) is 15.6. The Morgan fingerprint density at radius 1 is 1.03 bits per heavy atom. The van der Waals surface area contributed by atoms with Crippen LogP contribution in [0.25, 0.3) is 22.6 Å². The zero-order valence-electron chi connectivity index (χ0n) is 15.6. The molecule has 0 bridgehead atoms. The van der Waals surface area contributed by atoms with Crippen LogP contribution < -0.4 is 11.1 Å². The lowest BCUT2D eigenvalue weighted by Gasteiger charge is -2.05. The number of nitriles is 1. The van der Waals surface area contributed by atoms with Crippen molar-refractivity contribution >= 4 is 11.8 Å². The number of nitrogens with zero attached hydrogens (tertiary/aromatic N) is 7. The molecule has 0 aliphatic rings. The second kappa shape index (κ2) is 7.74. The number of hydrogen-bond acceptors (Lipinski definition) is 8. The van der Waals surface area contributed by atoms with Gasteiger partial charge in [0.1, 0.15) is 11.5 Å². The molecule has 0 radical (unpaired) electrons. The summed E-state index contributed by atoms with van der Waals surface area (Å²) in [6, 6.07) is 16.8. The van der Waals surface area contributed by atoms with Crippen molar-refractivity contribution in [2.24, 2.45) is 0 Å². The molecular formula is C20H17N9. The van der Waals surface area contributed by atoms with Gasteiger partial charge in [-0.1, -0.05) is 23.4 Å². The van der Waals surface area contributed by atoms with Crippen LogP contribution in [0.15, 0.2) is 54.7 Å². The van der Waals surface area contributed by atoms with E-state index in [1.807, 2.05) is 31.3 Å². The van der Waals surface area contributed by atoms with Crippen molar-refractivity contribution in [3.8, 4) is 28.7 Å². The molecule has 0 aliphatic carbocycles. The molecule has 0 aliphatic heterocycles. The van der Waals surface area contributed by atoms with Gasteiger partial charge in [0.2, 0.25) is 5.95 Å². The van der Waals surface area contributed by atoms with Crippen LogP contribution in [0.4, 0.5) is 11.8 Å². The second-order valence-electron chi connectivity index (χ2n) is 6.25. The largest absolute Gasteiger partial charge is 0.373 e. The first-order valence-electron chi connectivity index (χ1n) is 8.84. The average Bonchev–Trinajstić information content (AvgIpc) is 3.22. The van der Waals surface area contributed by atoms with Gasteiger partial charge >= 0.3 is 0 Å². The quantitative estimate of drug-likeness (QED) is 0.537. The van der Waals surface area contributed by atoms with Gasteiger partial charge in [-0.2, -0.15) is 5.26 Å². The molecule has 142 valence electrons. The Balaban J connectivity index is 1.64. The molecule has 0 atom stereocenters. The van der Waals surface area contributed by atoms with E-state index in [-0.39, 0.29) is 5.95 Å². The predicted octanol–water partition coefficient (Wildman–Crippen LogP) is 2.34. The minimum absolute atomic E-state index is 0.123. The topological polar surface area (TPSA) is 131 Å². The van der Waals surface area contributed by atoms with E-state index >= 15 is 0 Å². The molecule has 0 fully saturated rings. The third kappa shape index (κ3) is 4.01. The summed E-state index contributed by atoms with van der Waals surface area (Å²) in [6.07, 6.45) is 1.78. The average molecular weight is 383 g/mol. The van der Waals surface area contributed by atoms with E-state index < -0.39 is 0 Å². The van der Waals surface area contributed by atoms with Crippen LogP contribution in [0.1, 0.15) is 11.3 Å². The number of benzene rings is 1. The maximum Gasteiger partial charge on any atom is 0.221 e. The predicted molar refractivity (Wildman–Crippen MR) is 108 cm³/mol. The lowest BCUT2D eigenvalue weighted by atomic mass is 10.1. The number of aromatic nitrogens is 6. The van der Waals surface area contributed by atoms with Crippen molar-refractivity contribution in [1.82, 2.24) is 29.9 Å². The van der Waals surface area contributed by atoms with Crippen LogP contribution in [0.2, 0.25) is 0 Å².